The van der Waals surface area contributed by atoms with Gasteiger partial charge in [0.2, 0.25) is 11.8 Å². The largest absolute Gasteiger partial charge is 0.497 e. The van der Waals surface area contributed by atoms with Crippen molar-refractivity contribution in [2.75, 3.05) is 18.2 Å². The Bertz CT molecular complexity index is 1340. The van der Waals surface area contributed by atoms with Crippen LogP contribution in [0.4, 0.5) is 5.82 Å². The summed E-state index contributed by atoms with van der Waals surface area (Å²) in [6, 6.07) is 19.5. The molecule has 4 rings (SSSR count). The summed E-state index contributed by atoms with van der Waals surface area (Å²) in [6.07, 6.45) is 0.528. The summed E-state index contributed by atoms with van der Waals surface area (Å²) < 4.78 is 12.8. The van der Waals surface area contributed by atoms with Crippen LogP contribution in [0.2, 0.25) is 0 Å². The summed E-state index contributed by atoms with van der Waals surface area (Å²) in [7, 11) is 1.60. The molecule has 0 unspecified atom stereocenters. The SMILES string of the molecule is COc1ccc(-n2c(C)c(C)c(C#N)c2NC(=O)CSc2nnc(Cc3ccccc3)o2)cc1. The van der Waals surface area contributed by atoms with Crippen molar-refractivity contribution in [3.05, 3.63) is 82.9 Å². The van der Waals surface area contributed by atoms with Crippen LogP contribution in [0.5, 0.6) is 5.75 Å². The highest BCUT2D eigenvalue weighted by molar-refractivity contribution is 7.99. The van der Waals surface area contributed by atoms with E-state index in [0.29, 0.717) is 28.9 Å². The number of rotatable bonds is 8. The summed E-state index contributed by atoms with van der Waals surface area (Å²) in [5.74, 6) is 1.42. The van der Waals surface area contributed by atoms with E-state index in [2.05, 4.69) is 21.6 Å². The van der Waals surface area contributed by atoms with Crippen LogP contribution in [0, 0.1) is 25.2 Å². The Hall–Kier alpha value is -4.03. The number of methoxy groups -OCH3 is 1. The molecule has 0 aliphatic heterocycles. The van der Waals surface area contributed by atoms with Gasteiger partial charge in [-0.3, -0.25) is 9.36 Å². The minimum Gasteiger partial charge on any atom is -0.497 e. The first-order valence-electron chi connectivity index (χ1n) is 10.6. The van der Waals surface area contributed by atoms with Crippen LogP contribution in [0.15, 0.2) is 64.2 Å². The monoisotopic (exact) mass is 473 g/mol. The zero-order chi connectivity index (χ0) is 24.1. The van der Waals surface area contributed by atoms with Crippen molar-refractivity contribution >= 4 is 23.5 Å². The average Bonchev–Trinajstić information content (AvgIpc) is 3.40. The van der Waals surface area contributed by atoms with Gasteiger partial charge >= 0.3 is 0 Å². The molecule has 172 valence electrons. The molecule has 9 heteroatoms. The Kier molecular flexibility index (Phi) is 6.99. The van der Waals surface area contributed by atoms with Crippen molar-refractivity contribution in [1.82, 2.24) is 14.8 Å². The second-order valence-corrected chi connectivity index (χ2v) is 8.47. The number of anilines is 1. The topological polar surface area (TPSA) is 106 Å². The molecule has 0 saturated heterocycles. The van der Waals surface area contributed by atoms with Crippen molar-refractivity contribution in [1.29, 1.82) is 5.26 Å². The summed E-state index contributed by atoms with van der Waals surface area (Å²) in [5, 5.41) is 21.0. The fourth-order valence-corrected chi connectivity index (χ4v) is 4.13. The van der Waals surface area contributed by atoms with Gasteiger partial charge in [0.25, 0.3) is 5.22 Å². The van der Waals surface area contributed by atoms with E-state index >= 15 is 0 Å². The van der Waals surface area contributed by atoms with Crippen molar-refractivity contribution in [3.63, 3.8) is 0 Å². The number of aromatic nitrogens is 3. The third kappa shape index (κ3) is 4.97. The van der Waals surface area contributed by atoms with E-state index < -0.39 is 0 Å². The van der Waals surface area contributed by atoms with E-state index in [1.54, 1.807) is 7.11 Å². The third-order valence-electron chi connectivity index (χ3n) is 5.39. The maximum absolute atomic E-state index is 12.8. The minimum absolute atomic E-state index is 0.0593. The molecule has 0 aliphatic rings. The van der Waals surface area contributed by atoms with E-state index in [1.807, 2.05) is 73.0 Å². The summed E-state index contributed by atoms with van der Waals surface area (Å²) in [5.41, 5.74) is 3.98. The molecule has 0 spiro atoms. The van der Waals surface area contributed by atoms with Crippen LogP contribution >= 0.6 is 11.8 Å². The van der Waals surface area contributed by atoms with Crippen LogP contribution in [0.3, 0.4) is 0 Å². The number of benzene rings is 2. The smallest absolute Gasteiger partial charge is 0.277 e. The standard InChI is InChI=1S/C25H23N5O3S/c1-16-17(2)30(19-9-11-20(32-3)12-10-19)24(21(16)14-26)27-22(31)15-34-25-29-28-23(33-25)13-18-7-5-4-6-8-18/h4-12H,13,15H2,1-3H3,(H,27,31). The molecule has 8 nitrogen and oxygen atoms in total. The van der Waals surface area contributed by atoms with Gasteiger partial charge in [-0.25, -0.2) is 0 Å². The highest BCUT2D eigenvalue weighted by Crippen LogP contribution is 2.31. The maximum Gasteiger partial charge on any atom is 0.277 e. The number of thioether (sulfide) groups is 1. The lowest BCUT2D eigenvalue weighted by Gasteiger charge is -2.13. The van der Waals surface area contributed by atoms with Crippen molar-refractivity contribution in [2.24, 2.45) is 0 Å². The van der Waals surface area contributed by atoms with Gasteiger partial charge in [0, 0.05) is 11.4 Å². The van der Waals surface area contributed by atoms with Gasteiger partial charge in [0.15, 0.2) is 0 Å². The van der Waals surface area contributed by atoms with Gasteiger partial charge in [-0.2, -0.15) is 5.26 Å². The fraction of sp³-hybridized carbons (Fsp3) is 0.200. The molecule has 0 radical (unpaired) electrons. The van der Waals surface area contributed by atoms with Crippen LogP contribution in [-0.2, 0) is 11.2 Å². The van der Waals surface area contributed by atoms with Crippen LogP contribution in [0.1, 0.15) is 28.3 Å². The van der Waals surface area contributed by atoms with E-state index in [-0.39, 0.29) is 11.7 Å². The summed E-state index contributed by atoms with van der Waals surface area (Å²) >= 11 is 1.15. The zero-order valence-corrected chi connectivity index (χ0v) is 19.8. The number of ether oxygens (including phenoxy) is 1. The second kappa shape index (κ2) is 10.3. The molecular formula is C25H23N5O3S. The number of nitriles is 1. The van der Waals surface area contributed by atoms with E-state index in [9.17, 15) is 10.1 Å². The lowest BCUT2D eigenvalue weighted by atomic mass is 10.2. The molecule has 1 amide bonds. The molecule has 4 aromatic rings. The highest BCUT2D eigenvalue weighted by Gasteiger charge is 2.21. The summed E-state index contributed by atoms with van der Waals surface area (Å²) in [6.45, 7) is 3.78. The zero-order valence-electron chi connectivity index (χ0n) is 19.0. The maximum atomic E-state index is 12.8. The lowest BCUT2D eigenvalue weighted by Crippen LogP contribution is -2.17. The molecule has 2 heterocycles. The molecule has 0 saturated carbocycles. The molecule has 0 atom stereocenters. The average molecular weight is 474 g/mol. The molecule has 0 bridgehead atoms. The first kappa shape index (κ1) is 23.1. The van der Waals surface area contributed by atoms with Crippen molar-refractivity contribution in [2.45, 2.75) is 25.5 Å². The number of hydrogen-bond donors (Lipinski definition) is 1. The number of nitrogens with one attached hydrogen (secondary N) is 1. The molecule has 0 fully saturated rings. The van der Waals surface area contributed by atoms with Gasteiger partial charge in [-0.1, -0.05) is 42.1 Å². The Morgan fingerprint density at radius 2 is 1.88 bits per heavy atom. The number of amides is 1. The first-order chi connectivity index (χ1) is 16.5. The first-order valence-corrected chi connectivity index (χ1v) is 11.5. The number of nitrogens with zero attached hydrogens (tertiary/aromatic N) is 4. The van der Waals surface area contributed by atoms with Gasteiger partial charge in [0.05, 0.1) is 24.8 Å². The molecule has 1 N–H and O–H groups in total. The fourth-order valence-electron chi connectivity index (χ4n) is 3.55. The van der Waals surface area contributed by atoms with Gasteiger partial charge in [0.1, 0.15) is 17.6 Å². The van der Waals surface area contributed by atoms with Gasteiger partial charge in [-0.15, -0.1) is 10.2 Å². The Morgan fingerprint density at radius 1 is 1.15 bits per heavy atom. The van der Waals surface area contributed by atoms with E-state index in [4.69, 9.17) is 9.15 Å². The van der Waals surface area contributed by atoms with Gasteiger partial charge < -0.3 is 14.5 Å². The molecule has 0 aliphatic carbocycles. The molecule has 34 heavy (non-hydrogen) atoms. The van der Waals surface area contributed by atoms with Crippen molar-refractivity contribution in [3.8, 4) is 17.5 Å². The van der Waals surface area contributed by atoms with Crippen molar-refractivity contribution < 1.29 is 13.9 Å². The van der Waals surface area contributed by atoms with E-state index in [0.717, 1.165) is 40.0 Å². The van der Waals surface area contributed by atoms with Crippen LogP contribution in [-0.4, -0.2) is 33.5 Å². The minimum atomic E-state index is -0.281. The predicted molar refractivity (Wildman–Crippen MR) is 129 cm³/mol. The molecular weight excluding hydrogens is 450 g/mol. The normalized spacial score (nSPS) is 10.6. The quantitative estimate of drug-likeness (QED) is 0.370. The number of carbonyl (C=O) groups excluding carboxylic acids is 1. The predicted octanol–water partition coefficient (Wildman–Crippen LogP) is 4.68. The van der Waals surface area contributed by atoms with E-state index in [1.165, 1.54) is 0 Å². The number of hydrogen-bond acceptors (Lipinski definition) is 7. The number of carbonyl (C=O) groups is 1. The second-order valence-electron chi connectivity index (χ2n) is 7.54. The summed E-state index contributed by atoms with van der Waals surface area (Å²) in [4.78, 5) is 12.8. The lowest BCUT2D eigenvalue weighted by molar-refractivity contribution is -0.113. The van der Waals surface area contributed by atoms with Crippen LogP contribution < -0.4 is 10.1 Å². The molecule has 2 aromatic carbocycles. The highest BCUT2D eigenvalue weighted by atomic mass is 32.2. The molecule has 2 aromatic heterocycles. The van der Waals surface area contributed by atoms with Gasteiger partial charge in [-0.05, 0) is 49.2 Å². The Morgan fingerprint density at radius 3 is 2.56 bits per heavy atom. The third-order valence-corrected chi connectivity index (χ3v) is 6.21. The Balaban J connectivity index is 1.48. The van der Waals surface area contributed by atoms with Crippen LogP contribution in [0.25, 0.3) is 5.69 Å². The Labute approximate surface area is 201 Å².